The Balaban J connectivity index is 1.86. The fourth-order valence-corrected chi connectivity index (χ4v) is 6.60. The molecule has 0 heterocycles. The Hall–Kier alpha value is -1.22. The van der Waals surface area contributed by atoms with Crippen molar-refractivity contribution < 1.29 is 14.7 Å². The predicted octanol–water partition coefficient (Wildman–Crippen LogP) is 3.37. The molecule has 4 aliphatic rings. The molecular formula is C20H26O3. The molecule has 0 aromatic carbocycles. The van der Waals surface area contributed by atoms with Gasteiger partial charge in [-0.3, -0.25) is 4.79 Å². The maximum Gasteiger partial charge on any atom is 0.171 e. The topological polar surface area (TPSA) is 54.4 Å². The SMILES string of the molecule is C=C1C(=O)[C@@]23CC[C@@H]4[C@@](C)(C=O)CCC[C@@]4(C)C2=CC[C@]1(O)C3. The Morgan fingerprint density at radius 2 is 2.04 bits per heavy atom. The summed E-state index contributed by atoms with van der Waals surface area (Å²) < 4.78 is 0. The van der Waals surface area contributed by atoms with Crippen molar-refractivity contribution in [2.24, 2.45) is 22.2 Å². The average Bonchev–Trinajstić information content (AvgIpc) is 2.65. The van der Waals surface area contributed by atoms with E-state index in [1.165, 1.54) is 5.57 Å². The second kappa shape index (κ2) is 4.24. The highest BCUT2D eigenvalue weighted by Gasteiger charge is 2.67. The molecule has 23 heavy (non-hydrogen) atoms. The standard InChI is InChI=1S/C20H26O3/c1-13-16(22)19-9-5-14-17(2,12-21)7-4-8-18(14,3)15(19)6-10-20(13,23)11-19/h6,12,14,23H,1,4-5,7-11H2,2-3H3/t14-,17-,18-,19-,20+/m1/s1. The van der Waals surface area contributed by atoms with Gasteiger partial charge in [-0.1, -0.05) is 38.5 Å². The Morgan fingerprint density at radius 3 is 2.74 bits per heavy atom. The van der Waals surface area contributed by atoms with Gasteiger partial charge in [0, 0.05) is 11.0 Å². The summed E-state index contributed by atoms with van der Waals surface area (Å²) in [7, 11) is 0. The minimum Gasteiger partial charge on any atom is -0.385 e. The molecule has 0 aromatic rings. The number of carbonyl (C=O) groups excluding carboxylic acids is 2. The monoisotopic (exact) mass is 314 g/mol. The van der Waals surface area contributed by atoms with Crippen LogP contribution in [0.1, 0.15) is 58.8 Å². The van der Waals surface area contributed by atoms with E-state index < -0.39 is 11.0 Å². The number of carbonyl (C=O) groups is 2. The predicted molar refractivity (Wildman–Crippen MR) is 87.7 cm³/mol. The van der Waals surface area contributed by atoms with Crippen molar-refractivity contribution in [3.8, 4) is 0 Å². The number of Topliss-reactive ketones (excluding diaryl/α,β-unsaturated/α-hetero) is 1. The van der Waals surface area contributed by atoms with Crippen LogP contribution in [-0.4, -0.2) is 22.8 Å². The lowest BCUT2D eigenvalue weighted by molar-refractivity contribution is -0.132. The second-order valence-corrected chi connectivity index (χ2v) is 8.91. The van der Waals surface area contributed by atoms with Gasteiger partial charge in [-0.05, 0) is 49.9 Å². The van der Waals surface area contributed by atoms with Crippen molar-refractivity contribution in [3.05, 3.63) is 23.8 Å². The van der Waals surface area contributed by atoms with Crippen molar-refractivity contribution >= 4 is 12.1 Å². The quantitative estimate of drug-likeness (QED) is 0.459. The van der Waals surface area contributed by atoms with Gasteiger partial charge in [-0.2, -0.15) is 0 Å². The molecule has 4 aliphatic carbocycles. The van der Waals surface area contributed by atoms with E-state index >= 15 is 0 Å². The highest BCUT2D eigenvalue weighted by molar-refractivity contribution is 6.07. The van der Waals surface area contributed by atoms with Crippen molar-refractivity contribution in [2.75, 3.05) is 0 Å². The van der Waals surface area contributed by atoms with Gasteiger partial charge in [-0.25, -0.2) is 0 Å². The van der Waals surface area contributed by atoms with Crippen LogP contribution in [0.2, 0.25) is 0 Å². The molecule has 3 heteroatoms. The smallest absolute Gasteiger partial charge is 0.171 e. The zero-order valence-electron chi connectivity index (χ0n) is 14.2. The van der Waals surface area contributed by atoms with E-state index in [0.29, 0.717) is 24.3 Å². The zero-order chi connectivity index (χ0) is 16.7. The van der Waals surface area contributed by atoms with Crippen LogP contribution in [0.25, 0.3) is 0 Å². The number of fused-ring (bicyclic) bond motifs is 3. The van der Waals surface area contributed by atoms with Gasteiger partial charge in [0.1, 0.15) is 6.29 Å². The maximum atomic E-state index is 13.0. The maximum absolute atomic E-state index is 13.0. The van der Waals surface area contributed by atoms with Gasteiger partial charge in [0.25, 0.3) is 0 Å². The summed E-state index contributed by atoms with van der Waals surface area (Å²) in [6.07, 6.45) is 8.92. The summed E-state index contributed by atoms with van der Waals surface area (Å²) >= 11 is 0. The number of ketones is 1. The van der Waals surface area contributed by atoms with Gasteiger partial charge in [0.05, 0.1) is 11.0 Å². The number of aldehydes is 1. The second-order valence-electron chi connectivity index (χ2n) is 8.91. The first-order chi connectivity index (χ1) is 10.7. The first-order valence-corrected chi connectivity index (χ1v) is 8.86. The Morgan fingerprint density at radius 1 is 1.30 bits per heavy atom. The largest absolute Gasteiger partial charge is 0.385 e. The van der Waals surface area contributed by atoms with E-state index in [0.717, 1.165) is 38.4 Å². The van der Waals surface area contributed by atoms with E-state index in [2.05, 4.69) is 26.5 Å². The van der Waals surface area contributed by atoms with Gasteiger partial charge in [0.15, 0.2) is 5.78 Å². The van der Waals surface area contributed by atoms with Crippen LogP contribution in [0, 0.1) is 22.2 Å². The van der Waals surface area contributed by atoms with Crippen LogP contribution in [0.3, 0.4) is 0 Å². The average molecular weight is 314 g/mol. The third-order valence-electron chi connectivity index (χ3n) is 7.75. The summed E-state index contributed by atoms with van der Waals surface area (Å²) in [5.74, 6) is 0.354. The summed E-state index contributed by atoms with van der Waals surface area (Å²) in [4.78, 5) is 24.8. The number of aliphatic hydroxyl groups is 1. The fraction of sp³-hybridized carbons (Fsp3) is 0.700. The Bertz CT molecular complexity index is 662. The molecule has 0 unspecified atom stereocenters. The summed E-state index contributed by atoms with van der Waals surface area (Å²) in [5.41, 5.74) is -0.361. The van der Waals surface area contributed by atoms with Gasteiger partial charge in [-0.15, -0.1) is 0 Å². The van der Waals surface area contributed by atoms with Gasteiger partial charge < -0.3 is 9.90 Å². The van der Waals surface area contributed by atoms with Gasteiger partial charge >= 0.3 is 0 Å². The van der Waals surface area contributed by atoms with Gasteiger partial charge in [0.2, 0.25) is 0 Å². The molecule has 0 aliphatic heterocycles. The molecule has 3 saturated carbocycles. The van der Waals surface area contributed by atoms with E-state index in [-0.39, 0.29) is 16.6 Å². The van der Waals surface area contributed by atoms with Crippen LogP contribution >= 0.6 is 0 Å². The van der Waals surface area contributed by atoms with Crippen molar-refractivity contribution in [2.45, 2.75) is 64.4 Å². The van der Waals surface area contributed by atoms with Crippen molar-refractivity contribution in [1.82, 2.24) is 0 Å². The molecule has 124 valence electrons. The minimum absolute atomic E-state index is 0.0572. The normalized spacial score (nSPS) is 51.8. The molecule has 1 N–H and O–H groups in total. The molecular weight excluding hydrogens is 288 g/mol. The fourth-order valence-electron chi connectivity index (χ4n) is 6.60. The Kier molecular flexibility index (Phi) is 2.82. The molecule has 3 nitrogen and oxygen atoms in total. The minimum atomic E-state index is -1.04. The third-order valence-corrected chi connectivity index (χ3v) is 7.75. The summed E-state index contributed by atoms with van der Waals surface area (Å²) in [6.45, 7) is 8.26. The van der Waals surface area contributed by atoms with Crippen LogP contribution in [0.4, 0.5) is 0 Å². The van der Waals surface area contributed by atoms with Crippen LogP contribution < -0.4 is 0 Å². The molecule has 0 saturated heterocycles. The molecule has 1 spiro atoms. The number of allylic oxidation sites excluding steroid dienone is 1. The Labute approximate surface area is 137 Å². The number of rotatable bonds is 1. The first kappa shape index (κ1) is 15.3. The van der Waals surface area contributed by atoms with E-state index in [9.17, 15) is 14.7 Å². The molecule has 2 bridgehead atoms. The lowest BCUT2D eigenvalue weighted by Crippen LogP contribution is -2.54. The van der Waals surface area contributed by atoms with Crippen LogP contribution in [0.5, 0.6) is 0 Å². The summed E-state index contributed by atoms with van der Waals surface area (Å²) in [5, 5.41) is 10.8. The highest BCUT2D eigenvalue weighted by atomic mass is 16.3. The van der Waals surface area contributed by atoms with Crippen LogP contribution in [-0.2, 0) is 9.59 Å². The first-order valence-electron chi connectivity index (χ1n) is 8.86. The highest BCUT2D eigenvalue weighted by Crippen LogP contribution is 2.69. The summed E-state index contributed by atoms with van der Waals surface area (Å²) in [6, 6.07) is 0. The molecule has 5 atom stereocenters. The van der Waals surface area contributed by atoms with E-state index in [1.807, 2.05) is 0 Å². The molecule has 3 fully saturated rings. The van der Waals surface area contributed by atoms with E-state index in [1.54, 1.807) is 0 Å². The molecule has 0 amide bonds. The number of hydrogen-bond donors (Lipinski definition) is 1. The lowest BCUT2D eigenvalue weighted by atomic mass is 9.44. The van der Waals surface area contributed by atoms with Crippen molar-refractivity contribution in [1.29, 1.82) is 0 Å². The van der Waals surface area contributed by atoms with E-state index in [4.69, 9.17) is 0 Å². The third kappa shape index (κ3) is 1.60. The molecule has 0 radical (unpaired) electrons. The lowest BCUT2D eigenvalue weighted by Gasteiger charge is -2.59. The zero-order valence-corrected chi connectivity index (χ0v) is 14.2. The van der Waals surface area contributed by atoms with Crippen LogP contribution in [0.15, 0.2) is 23.8 Å². The van der Waals surface area contributed by atoms with Crippen molar-refractivity contribution in [3.63, 3.8) is 0 Å². The molecule has 4 rings (SSSR count). The number of hydrogen-bond acceptors (Lipinski definition) is 3. The molecule has 0 aromatic heterocycles.